The maximum Gasteiger partial charge on any atom is 0.0472 e. The summed E-state index contributed by atoms with van der Waals surface area (Å²) in [6.07, 6.45) is 2.69. The van der Waals surface area contributed by atoms with Crippen LogP contribution in [0.3, 0.4) is 0 Å². The molecule has 2 aromatic rings. The van der Waals surface area contributed by atoms with E-state index in [0.717, 1.165) is 11.9 Å². The molecule has 3 heteroatoms. The SMILES string of the molecule is OCCc1c[nH]c2ccc(I)cc12. The van der Waals surface area contributed by atoms with E-state index in [4.69, 9.17) is 5.11 Å². The number of rotatable bonds is 2. The molecule has 0 amide bonds. The summed E-state index contributed by atoms with van der Waals surface area (Å²) in [4.78, 5) is 3.19. The lowest BCUT2D eigenvalue weighted by Gasteiger charge is -1.95. The molecule has 0 aliphatic carbocycles. The Kier molecular flexibility index (Phi) is 2.55. The summed E-state index contributed by atoms with van der Waals surface area (Å²) >= 11 is 2.29. The molecule has 0 bridgehead atoms. The first kappa shape index (κ1) is 9.02. The van der Waals surface area contributed by atoms with Crippen LogP contribution in [0.5, 0.6) is 0 Å². The van der Waals surface area contributed by atoms with E-state index in [9.17, 15) is 0 Å². The predicted molar refractivity (Wildman–Crippen MR) is 61.8 cm³/mol. The topological polar surface area (TPSA) is 36.0 Å². The van der Waals surface area contributed by atoms with Crippen molar-refractivity contribution in [2.24, 2.45) is 0 Å². The molecule has 0 aliphatic heterocycles. The second-order valence-electron chi connectivity index (χ2n) is 2.98. The molecule has 0 unspecified atom stereocenters. The van der Waals surface area contributed by atoms with E-state index in [0.29, 0.717) is 0 Å². The lowest BCUT2D eigenvalue weighted by Crippen LogP contribution is -1.88. The molecule has 0 fully saturated rings. The largest absolute Gasteiger partial charge is 0.396 e. The molecule has 0 aliphatic rings. The number of aromatic nitrogens is 1. The number of H-pyrrole nitrogens is 1. The van der Waals surface area contributed by atoms with E-state index < -0.39 is 0 Å². The Morgan fingerprint density at radius 2 is 2.23 bits per heavy atom. The van der Waals surface area contributed by atoms with Gasteiger partial charge >= 0.3 is 0 Å². The summed E-state index contributed by atoms with van der Waals surface area (Å²) in [5.41, 5.74) is 2.33. The Bertz CT molecular complexity index is 422. The average molecular weight is 287 g/mol. The Balaban J connectivity index is 2.58. The van der Waals surface area contributed by atoms with Crippen molar-refractivity contribution in [2.45, 2.75) is 6.42 Å². The van der Waals surface area contributed by atoms with Crippen LogP contribution in [0.2, 0.25) is 0 Å². The number of fused-ring (bicyclic) bond motifs is 1. The Morgan fingerprint density at radius 3 is 3.00 bits per heavy atom. The van der Waals surface area contributed by atoms with Gasteiger partial charge in [-0.15, -0.1) is 0 Å². The maximum absolute atomic E-state index is 8.85. The van der Waals surface area contributed by atoms with Crippen molar-refractivity contribution in [3.63, 3.8) is 0 Å². The van der Waals surface area contributed by atoms with Gasteiger partial charge in [-0.05, 0) is 52.8 Å². The number of aliphatic hydroxyl groups is 1. The summed E-state index contributed by atoms with van der Waals surface area (Å²) < 4.78 is 1.23. The zero-order chi connectivity index (χ0) is 9.26. The molecule has 1 aromatic carbocycles. The number of nitrogens with one attached hydrogen (secondary N) is 1. The number of hydrogen-bond acceptors (Lipinski definition) is 1. The molecule has 0 saturated carbocycles. The lowest BCUT2D eigenvalue weighted by atomic mass is 10.1. The molecule has 0 atom stereocenters. The highest BCUT2D eigenvalue weighted by molar-refractivity contribution is 14.1. The standard InChI is InChI=1S/C10H10INO/c11-8-1-2-10-9(5-8)7(3-4-13)6-12-10/h1-2,5-6,12-13H,3-4H2. The second-order valence-corrected chi connectivity index (χ2v) is 4.22. The fraction of sp³-hybridized carbons (Fsp3) is 0.200. The van der Waals surface area contributed by atoms with Crippen LogP contribution in [-0.4, -0.2) is 16.7 Å². The third-order valence-electron chi connectivity index (χ3n) is 2.11. The van der Waals surface area contributed by atoms with Gasteiger partial charge in [-0.25, -0.2) is 0 Å². The Morgan fingerprint density at radius 1 is 1.38 bits per heavy atom. The summed E-state index contributed by atoms with van der Waals surface area (Å²) in [5.74, 6) is 0. The molecule has 1 aromatic heterocycles. The summed E-state index contributed by atoms with van der Waals surface area (Å²) in [5, 5.41) is 10.1. The number of benzene rings is 1. The number of halogens is 1. The van der Waals surface area contributed by atoms with Crippen molar-refractivity contribution in [2.75, 3.05) is 6.61 Å². The van der Waals surface area contributed by atoms with E-state index >= 15 is 0 Å². The van der Waals surface area contributed by atoms with E-state index in [1.54, 1.807) is 0 Å². The fourth-order valence-electron chi connectivity index (χ4n) is 1.48. The number of aromatic amines is 1. The van der Waals surface area contributed by atoms with Crippen molar-refractivity contribution in [3.8, 4) is 0 Å². The minimum Gasteiger partial charge on any atom is -0.396 e. The number of hydrogen-bond donors (Lipinski definition) is 2. The van der Waals surface area contributed by atoms with Crippen LogP contribution in [0.1, 0.15) is 5.56 Å². The highest BCUT2D eigenvalue weighted by Gasteiger charge is 2.02. The van der Waals surface area contributed by atoms with Crippen LogP contribution in [0.4, 0.5) is 0 Å². The van der Waals surface area contributed by atoms with Crippen molar-refractivity contribution >= 4 is 33.5 Å². The minimum atomic E-state index is 0.207. The lowest BCUT2D eigenvalue weighted by molar-refractivity contribution is 0.300. The highest BCUT2D eigenvalue weighted by atomic mass is 127. The van der Waals surface area contributed by atoms with Crippen LogP contribution in [0.25, 0.3) is 10.9 Å². The highest BCUT2D eigenvalue weighted by Crippen LogP contribution is 2.20. The molecule has 68 valence electrons. The normalized spacial score (nSPS) is 10.9. The van der Waals surface area contributed by atoms with E-state index in [-0.39, 0.29) is 6.61 Å². The fourth-order valence-corrected chi connectivity index (χ4v) is 1.97. The van der Waals surface area contributed by atoms with Crippen LogP contribution < -0.4 is 0 Å². The Labute approximate surface area is 90.1 Å². The van der Waals surface area contributed by atoms with Gasteiger partial charge in [0.05, 0.1) is 0 Å². The molecule has 2 rings (SSSR count). The van der Waals surface area contributed by atoms with E-state index in [1.807, 2.05) is 6.20 Å². The summed E-state index contributed by atoms with van der Waals surface area (Å²) in [7, 11) is 0. The van der Waals surface area contributed by atoms with Crippen molar-refractivity contribution in [3.05, 3.63) is 33.5 Å². The zero-order valence-corrected chi connectivity index (χ0v) is 9.21. The Hall–Kier alpha value is -0.550. The van der Waals surface area contributed by atoms with Gasteiger partial charge in [-0.2, -0.15) is 0 Å². The molecular formula is C10H10INO. The van der Waals surface area contributed by atoms with Crippen molar-refractivity contribution in [1.29, 1.82) is 0 Å². The van der Waals surface area contributed by atoms with Gasteiger partial charge in [0.25, 0.3) is 0 Å². The molecule has 1 heterocycles. The van der Waals surface area contributed by atoms with Gasteiger partial charge in [0, 0.05) is 27.3 Å². The molecule has 0 radical (unpaired) electrons. The molecule has 13 heavy (non-hydrogen) atoms. The first-order valence-corrected chi connectivity index (χ1v) is 5.25. The van der Waals surface area contributed by atoms with Crippen LogP contribution in [0.15, 0.2) is 24.4 Å². The zero-order valence-electron chi connectivity index (χ0n) is 7.05. The van der Waals surface area contributed by atoms with Crippen LogP contribution in [-0.2, 0) is 6.42 Å². The number of aliphatic hydroxyl groups excluding tert-OH is 1. The first-order valence-electron chi connectivity index (χ1n) is 4.17. The van der Waals surface area contributed by atoms with Gasteiger partial charge < -0.3 is 10.1 Å². The smallest absolute Gasteiger partial charge is 0.0472 e. The van der Waals surface area contributed by atoms with Crippen molar-refractivity contribution < 1.29 is 5.11 Å². The van der Waals surface area contributed by atoms with Crippen LogP contribution >= 0.6 is 22.6 Å². The molecule has 0 spiro atoms. The molecule has 0 saturated heterocycles. The van der Waals surface area contributed by atoms with Crippen molar-refractivity contribution in [1.82, 2.24) is 4.98 Å². The molecule has 2 nitrogen and oxygen atoms in total. The molecule has 2 N–H and O–H groups in total. The summed E-state index contributed by atoms with van der Waals surface area (Å²) in [6, 6.07) is 6.28. The molecular weight excluding hydrogens is 277 g/mol. The maximum atomic E-state index is 8.85. The third kappa shape index (κ3) is 1.71. The first-order chi connectivity index (χ1) is 6.31. The van der Waals surface area contributed by atoms with Crippen LogP contribution in [0, 0.1) is 3.57 Å². The van der Waals surface area contributed by atoms with Gasteiger partial charge in [0.2, 0.25) is 0 Å². The third-order valence-corrected chi connectivity index (χ3v) is 2.78. The van der Waals surface area contributed by atoms with Gasteiger partial charge in [0.15, 0.2) is 0 Å². The van der Waals surface area contributed by atoms with E-state index in [1.165, 1.54) is 14.5 Å². The average Bonchev–Trinajstić information content (AvgIpc) is 2.49. The second kappa shape index (κ2) is 3.67. The summed E-state index contributed by atoms with van der Waals surface area (Å²) in [6.45, 7) is 0.207. The quantitative estimate of drug-likeness (QED) is 0.817. The minimum absolute atomic E-state index is 0.207. The van der Waals surface area contributed by atoms with Gasteiger partial charge in [-0.1, -0.05) is 0 Å². The van der Waals surface area contributed by atoms with E-state index in [2.05, 4.69) is 45.8 Å². The van der Waals surface area contributed by atoms with Gasteiger partial charge in [0.1, 0.15) is 0 Å². The predicted octanol–water partition coefficient (Wildman–Crippen LogP) is 2.31. The monoisotopic (exact) mass is 287 g/mol. The van der Waals surface area contributed by atoms with Gasteiger partial charge in [-0.3, -0.25) is 0 Å².